The average Bonchev–Trinajstić information content (AvgIpc) is 3.11. The van der Waals surface area contributed by atoms with E-state index in [1.54, 1.807) is 11.3 Å². The third kappa shape index (κ3) is 2.17. The van der Waals surface area contributed by atoms with Crippen molar-refractivity contribution in [2.45, 2.75) is 19.3 Å². The van der Waals surface area contributed by atoms with Gasteiger partial charge in [-0.1, -0.05) is 30.3 Å². The summed E-state index contributed by atoms with van der Waals surface area (Å²) < 4.78 is 1.05. The van der Waals surface area contributed by atoms with E-state index in [4.69, 9.17) is 0 Å². The number of carbonyl (C=O) groups excluding carboxylic acids is 1. The molecule has 0 radical (unpaired) electrons. The van der Waals surface area contributed by atoms with Gasteiger partial charge in [0.25, 0.3) is 0 Å². The lowest BCUT2D eigenvalue weighted by atomic mass is 10.1. The fraction of sp³-hybridized carbons (Fsp3) is 0.267. The summed E-state index contributed by atoms with van der Waals surface area (Å²) in [5, 5.41) is 0. The van der Waals surface area contributed by atoms with E-state index < -0.39 is 0 Å². The Balaban J connectivity index is 1.77. The molecule has 1 fully saturated rings. The van der Waals surface area contributed by atoms with Crippen molar-refractivity contribution in [2.75, 3.05) is 0 Å². The Labute approximate surface area is 119 Å². The molecular formula is C15H13BrOS. The highest BCUT2D eigenvalue weighted by Gasteiger charge is 2.44. The highest BCUT2D eigenvalue weighted by molar-refractivity contribution is 9.10. The Bertz CT molecular complexity index is 568. The van der Waals surface area contributed by atoms with Crippen LogP contribution in [0.1, 0.15) is 32.5 Å². The van der Waals surface area contributed by atoms with Crippen LogP contribution in [0.25, 0.3) is 0 Å². The standard InChI is InChI=1S/C15H13BrOS/c1-9-13(16)8-14(18-9)15(17)12-7-11(12)10-5-3-2-4-6-10/h2-6,8,11-12H,7H2,1H3. The second-order valence-corrected chi connectivity index (χ2v) is 6.85. The molecule has 1 heterocycles. The minimum absolute atomic E-state index is 0.192. The van der Waals surface area contributed by atoms with E-state index in [0.717, 1.165) is 15.8 Å². The smallest absolute Gasteiger partial charge is 0.176 e. The fourth-order valence-corrected chi connectivity index (χ4v) is 3.86. The number of carbonyl (C=O) groups is 1. The lowest BCUT2D eigenvalue weighted by molar-refractivity contribution is 0.0969. The van der Waals surface area contributed by atoms with Gasteiger partial charge >= 0.3 is 0 Å². The summed E-state index contributed by atoms with van der Waals surface area (Å²) in [6.07, 6.45) is 0.997. The molecule has 1 aliphatic rings. The van der Waals surface area contributed by atoms with Crippen molar-refractivity contribution in [3.8, 4) is 0 Å². The van der Waals surface area contributed by atoms with E-state index in [-0.39, 0.29) is 5.92 Å². The van der Waals surface area contributed by atoms with Crippen LogP contribution in [-0.2, 0) is 0 Å². The molecule has 1 aromatic carbocycles. The van der Waals surface area contributed by atoms with Gasteiger partial charge in [0.15, 0.2) is 5.78 Å². The van der Waals surface area contributed by atoms with Crippen molar-refractivity contribution in [1.29, 1.82) is 0 Å². The second-order valence-electron chi connectivity index (χ2n) is 4.74. The molecule has 1 nitrogen and oxygen atoms in total. The van der Waals surface area contributed by atoms with Gasteiger partial charge in [-0.25, -0.2) is 0 Å². The van der Waals surface area contributed by atoms with Crippen LogP contribution in [0, 0.1) is 12.8 Å². The first kappa shape index (κ1) is 12.1. The van der Waals surface area contributed by atoms with Crippen LogP contribution in [0.5, 0.6) is 0 Å². The highest BCUT2D eigenvalue weighted by atomic mass is 79.9. The first-order valence-corrected chi connectivity index (χ1v) is 7.63. The minimum atomic E-state index is 0.192. The van der Waals surface area contributed by atoms with Crippen LogP contribution < -0.4 is 0 Å². The third-order valence-electron chi connectivity index (χ3n) is 3.45. The van der Waals surface area contributed by atoms with Gasteiger partial charge in [-0.05, 0) is 46.8 Å². The van der Waals surface area contributed by atoms with Gasteiger partial charge in [-0.2, -0.15) is 0 Å². The molecule has 0 amide bonds. The van der Waals surface area contributed by atoms with Crippen molar-refractivity contribution < 1.29 is 4.79 Å². The summed E-state index contributed by atoms with van der Waals surface area (Å²) in [6, 6.07) is 12.3. The second kappa shape index (κ2) is 4.63. The van der Waals surface area contributed by atoms with E-state index in [0.29, 0.717) is 11.7 Å². The van der Waals surface area contributed by atoms with Crippen LogP contribution in [-0.4, -0.2) is 5.78 Å². The van der Waals surface area contributed by atoms with Crippen molar-refractivity contribution >= 4 is 33.0 Å². The van der Waals surface area contributed by atoms with E-state index in [1.165, 1.54) is 10.4 Å². The van der Waals surface area contributed by atoms with E-state index in [9.17, 15) is 4.79 Å². The van der Waals surface area contributed by atoms with Gasteiger partial charge < -0.3 is 0 Å². The zero-order chi connectivity index (χ0) is 12.7. The summed E-state index contributed by atoms with van der Waals surface area (Å²) in [5.41, 5.74) is 1.29. The van der Waals surface area contributed by atoms with E-state index >= 15 is 0 Å². The normalized spacial score (nSPS) is 21.9. The maximum Gasteiger partial charge on any atom is 0.176 e. The molecule has 2 atom stereocenters. The van der Waals surface area contributed by atoms with Crippen LogP contribution in [0.2, 0.25) is 0 Å². The molecule has 1 aliphatic carbocycles. The number of rotatable bonds is 3. The largest absolute Gasteiger partial charge is 0.293 e. The molecule has 0 saturated heterocycles. The summed E-state index contributed by atoms with van der Waals surface area (Å²) >= 11 is 5.06. The number of benzene rings is 1. The van der Waals surface area contributed by atoms with Gasteiger partial charge in [-0.3, -0.25) is 4.79 Å². The van der Waals surface area contributed by atoms with Crippen molar-refractivity contribution in [2.24, 2.45) is 5.92 Å². The number of hydrogen-bond donors (Lipinski definition) is 0. The molecule has 0 bridgehead atoms. The third-order valence-corrected chi connectivity index (χ3v) is 5.61. The van der Waals surface area contributed by atoms with Crippen LogP contribution in [0.4, 0.5) is 0 Å². The number of Topliss-reactive ketones (excluding diaryl/α,β-unsaturated/α-hetero) is 1. The topological polar surface area (TPSA) is 17.1 Å². The molecule has 3 heteroatoms. The SMILES string of the molecule is Cc1sc(C(=O)C2CC2c2ccccc2)cc1Br. The lowest BCUT2D eigenvalue weighted by Gasteiger charge is -1.98. The van der Waals surface area contributed by atoms with Gasteiger partial charge in [-0.15, -0.1) is 11.3 Å². The number of hydrogen-bond acceptors (Lipinski definition) is 2. The monoisotopic (exact) mass is 320 g/mol. The maximum absolute atomic E-state index is 12.3. The average molecular weight is 321 g/mol. The van der Waals surface area contributed by atoms with E-state index in [1.807, 2.05) is 31.2 Å². The summed E-state index contributed by atoms with van der Waals surface area (Å²) in [6.45, 7) is 2.03. The first-order chi connectivity index (χ1) is 8.66. The Morgan fingerprint density at radius 1 is 1.33 bits per heavy atom. The quantitative estimate of drug-likeness (QED) is 0.742. The van der Waals surface area contributed by atoms with Crippen LogP contribution in [0.3, 0.4) is 0 Å². The summed E-state index contributed by atoms with van der Waals surface area (Å²) in [5.74, 6) is 0.930. The molecule has 0 N–H and O–H groups in total. The molecule has 92 valence electrons. The van der Waals surface area contributed by atoms with Crippen molar-refractivity contribution in [3.63, 3.8) is 0 Å². The van der Waals surface area contributed by atoms with Gasteiger partial charge in [0.1, 0.15) is 0 Å². The molecule has 0 spiro atoms. The molecule has 18 heavy (non-hydrogen) atoms. The minimum Gasteiger partial charge on any atom is -0.293 e. The zero-order valence-electron chi connectivity index (χ0n) is 10.0. The molecule has 0 aliphatic heterocycles. The molecule has 1 saturated carbocycles. The molecule has 3 rings (SSSR count). The Kier molecular flexibility index (Phi) is 3.12. The Morgan fingerprint density at radius 3 is 2.67 bits per heavy atom. The van der Waals surface area contributed by atoms with Crippen LogP contribution in [0.15, 0.2) is 40.9 Å². The first-order valence-electron chi connectivity index (χ1n) is 6.02. The van der Waals surface area contributed by atoms with Gasteiger partial charge in [0.2, 0.25) is 0 Å². The number of aryl methyl sites for hydroxylation is 1. The number of ketones is 1. The van der Waals surface area contributed by atoms with Gasteiger partial charge in [0.05, 0.1) is 4.88 Å². The molecule has 1 aromatic heterocycles. The Hall–Kier alpha value is -0.930. The predicted octanol–water partition coefficient (Wildman–Crippen LogP) is 4.81. The predicted molar refractivity (Wildman–Crippen MR) is 78.4 cm³/mol. The van der Waals surface area contributed by atoms with Crippen molar-refractivity contribution in [3.05, 3.63) is 56.2 Å². The lowest BCUT2D eigenvalue weighted by Crippen LogP contribution is -2.00. The Morgan fingerprint density at radius 2 is 2.06 bits per heavy atom. The summed E-state index contributed by atoms with van der Waals surface area (Å²) in [4.78, 5) is 14.4. The molecule has 2 unspecified atom stereocenters. The molecular weight excluding hydrogens is 308 g/mol. The number of thiophene rings is 1. The highest BCUT2D eigenvalue weighted by Crippen LogP contribution is 2.49. The van der Waals surface area contributed by atoms with Crippen LogP contribution >= 0.6 is 27.3 Å². The van der Waals surface area contributed by atoms with Gasteiger partial charge in [0, 0.05) is 15.3 Å². The van der Waals surface area contributed by atoms with Crippen molar-refractivity contribution in [1.82, 2.24) is 0 Å². The fourth-order valence-electron chi connectivity index (χ4n) is 2.32. The number of halogens is 1. The van der Waals surface area contributed by atoms with E-state index in [2.05, 4.69) is 28.1 Å². The zero-order valence-corrected chi connectivity index (χ0v) is 12.4. The molecule has 2 aromatic rings. The maximum atomic E-state index is 12.3. The summed E-state index contributed by atoms with van der Waals surface area (Å²) in [7, 11) is 0.